The first-order valence-electron chi connectivity index (χ1n) is 10.1. The maximum Gasteiger partial charge on any atom is 0.165 e. The summed E-state index contributed by atoms with van der Waals surface area (Å²) >= 11 is 3.50. The monoisotopic (exact) mass is 488 g/mol. The van der Waals surface area contributed by atoms with Crippen molar-refractivity contribution in [2.45, 2.75) is 12.5 Å². The van der Waals surface area contributed by atoms with Crippen LogP contribution in [0, 0.1) is 0 Å². The molecule has 0 aliphatic rings. The van der Waals surface area contributed by atoms with Gasteiger partial charge in [-0.25, -0.2) is 0 Å². The molecular formula is C27H22BrO2P. The van der Waals surface area contributed by atoms with E-state index in [1.165, 1.54) is 0 Å². The Morgan fingerprint density at radius 1 is 0.710 bits per heavy atom. The second kappa shape index (κ2) is 10.6. The van der Waals surface area contributed by atoms with Crippen LogP contribution in [-0.2, 0) is 4.52 Å². The van der Waals surface area contributed by atoms with Gasteiger partial charge in [0.05, 0.1) is 14.3 Å². The Morgan fingerprint density at radius 3 is 1.71 bits per heavy atom. The molecule has 4 aromatic carbocycles. The number of halogens is 1. The molecule has 0 fully saturated rings. The second-order valence-electron chi connectivity index (χ2n) is 7.10. The van der Waals surface area contributed by atoms with Crippen molar-refractivity contribution >= 4 is 40.5 Å². The molecule has 0 saturated carbocycles. The van der Waals surface area contributed by atoms with E-state index in [2.05, 4.69) is 40.2 Å². The third-order valence-electron chi connectivity index (χ3n) is 4.92. The molecule has 4 aromatic rings. The largest absolute Gasteiger partial charge is 0.341 e. The summed E-state index contributed by atoms with van der Waals surface area (Å²) in [5.74, 6) is 0.0737. The van der Waals surface area contributed by atoms with E-state index >= 15 is 0 Å². The molecule has 0 aliphatic heterocycles. The van der Waals surface area contributed by atoms with Gasteiger partial charge in [-0.1, -0.05) is 119 Å². The van der Waals surface area contributed by atoms with Gasteiger partial charge in [0.25, 0.3) is 0 Å². The van der Waals surface area contributed by atoms with Crippen molar-refractivity contribution in [3.8, 4) is 0 Å². The van der Waals surface area contributed by atoms with Gasteiger partial charge in [0.2, 0.25) is 0 Å². The highest BCUT2D eigenvalue weighted by Crippen LogP contribution is 2.42. The molecule has 0 spiro atoms. The molecule has 31 heavy (non-hydrogen) atoms. The lowest BCUT2D eigenvalue weighted by molar-refractivity contribution is 0.0920. The van der Waals surface area contributed by atoms with Crippen molar-refractivity contribution in [2.75, 3.05) is 0 Å². The molecule has 0 saturated heterocycles. The van der Waals surface area contributed by atoms with Crippen molar-refractivity contribution in [2.24, 2.45) is 0 Å². The minimum absolute atomic E-state index is 0.0737. The number of ketones is 1. The standard InChI is InChI=1S/C27H22BrO2P/c28-23-18-16-22(17-19-23)27(20-26(29)21-10-4-1-5-11-21)30-31(24-12-6-2-7-13-24)25-14-8-3-9-15-25/h1-19,27H,20H2/t27-/m0/s1. The fourth-order valence-electron chi connectivity index (χ4n) is 3.33. The molecule has 0 aromatic heterocycles. The van der Waals surface area contributed by atoms with Gasteiger partial charge in [-0.3, -0.25) is 4.79 Å². The molecule has 0 radical (unpaired) electrons. The van der Waals surface area contributed by atoms with E-state index in [1.54, 1.807) is 0 Å². The van der Waals surface area contributed by atoms with E-state index in [9.17, 15) is 4.79 Å². The highest BCUT2D eigenvalue weighted by molar-refractivity contribution is 9.10. The number of hydrogen-bond donors (Lipinski definition) is 0. The van der Waals surface area contributed by atoms with Gasteiger partial charge in [0, 0.05) is 27.1 Å². The predicted molar refractivity (Wildman–Crippen MR) is 132 cm³/mol. The lowest BCUT2D eigenvalue weighted by Crippen LogP contribution is -2.18. The molecule has 0 aliphatic carbocycles. The number of rotatable bonds is 8. The highest BCUT2D eigenvalue weighted by atomic mass is 79.9. The molecule has 0 unspecified atom stereocenters. The smallest absolute Gasteiger partial charge is 0.165 e. The summed E-state index contributed by atoms with van der Waals surface area (Å²) in [6.45, 7) is 0. The first kappa shape index (κ1) is 21.6. The van der Waals surface area contributed by atoms with Crippen molar-refractivity contribution in [3.63, 3.8) is 0 Å². The summed E-state index contributed by atoms with van der Waals surface area (Å²) in [5.41, 5.74) is 1.70. The predicted octanol–water partition coefficient (Wildman–Crippen LogP) is 6.83. The van der Waals surface area contributed by atoms with E-state index in [1.807, 2.05) is 91.0 Å². The summed E-state index contributed by atoms with van der Waals surface area (Å²) in [4.78, 5) is 13.1. The Bertz CT molecular complexity index is 1060. The Kier molecular flexibility index (Phi) is 7.43. The third-order valence-corrected chi connectivity index (χ3v) is 7.45. The van der Waals surface area contributed by atoms with Crippen LogP contribution < -0.4 is 10.6 Å². The van der Waals surface area contributed by atoms with Crippen molar-refractivity contribution < 1.29 is 9.32 Å². The molecule has 1 atom stereocenters. The second-order valence-corrected chi connectivity index (χ2v) is 9.85. The minimum atomic E-state index is -1.08. The number of hydrogen-bond acceptors (Lipinski definition) is 2. The molecule has 0 bridgehead atoms. The molecule has 4 rings (SSSR count). The fraction of sp³-hybridized carbons (Fsp3) is 0.0741. The number of Topliss-reactive ketones (excluding diaryl/α,β-unsaturated/α-hetero) is 1. The fourth-order valence-corrected chi connectivity index (χ4v) is 5.47. The van der Waals surface area contributed by atoms with Crippen LogP contribution in [0.15, 0.2) is 120 Å². The summed E-state index contributed by atoms with van der Waals surface area (Å²) in [7, 11) is -1.08. The quantitative estimate of drug-likeness (QED) is 0.200. The first-order valence-corrected chi connectivity index (χ1v) is 12.2. The van der Waals surface area contributed by atoms with Gasteiger partial charge < -0.3 is 4.52 Å². The van der Waals surface area contributed by atoms with Crippen LogP contribution in [0.25, 0.3) is 0 Å². The maximum atomic E-state index is 13.1. The number of carbonyl (C=O) groups excluding carboxylic acids is 1. The Labute approximate surface area is 192 Å². The zero-order chi connectivity index (χ0) is 21.5. The topological polar surface area (TPSA) is 26.3 Å². The van der Waals surface area contributed by atoms with Gasteiger partial charge in [-0.05, 0) is 17.7 Å². The third kappa shape index (κ3) is 5.77. The summed E-state index contributed by atoms with van der Waals surface area (Å²) < 4.78 is 7.77. The SMILES string of the molecule is O=C(C[C@H](OP(c1ccccc1)c1ccccc1)c1ccc(Br)cc1)c1ccccc1. The van der Waals surface area contributed by atoms with E-state index < -0.39 is 8.15 Å². The zero-order valence-electron chi connectivity index (χ0n) is 16.9. The van der Waals surface area contributed by atoms with Crippen molar-refractivity contribution in [3.05, 3.63) is 131 Å². The van der Waals surface area contributed by atoms with Gasteiger partial charge in [0.1, 0.15) is 0 Å². The minimum Gasteiger partial charge on any atom is -0.341 e. The molecule has 2 nitrogen and oxygen atoms in total. The van der Waals surface area contributed by atoms with Crippen LogP contribution in [0.4, 0.5) is 0 Å². The number of benzene rings is 4. The zero-order valence-corrected chi connectivity index (χ0v) is 19.4. The highest BCUT2D eigenvalue weighted by Gasteiger charge is 2.24. The van der Waals surface area contributed by atoms with Crippen LogP contribution in [0.2, 0.25) is 0 Å². The number of carbonyl (C=O) groups is 1. The maximum absolute atomic E-state index is 13.1. The Morgan fingerprint density at radius 2 is 1.19 bits per heavy atom. The molecule has 4 heteroatoms. The van der Waals surface area contributed by atoms with Crippen molar-refractivity contribution in [1.29, 1.82) is 0 Å². The van der Waals surface area contributed by atoms with E-state index in [-0.39, 0.29) is 18.3 Å². The Hall–Kier alpha value is -2.58. The van der Waals surface area contributed by atoms with Gasteiger partial charge >= 0.3 is 0 Å². The van der Waals surface area contributed by atoms with E-state index in [0.29, 0.717) is 5.56 Å². The normalized spacial score (nSPS) is 11.9. The molecule has 0 amide bonds. The molecular weight excluding hydrogens is 467 g/mol. The average molecular weight is 489 g/mol. The summed E-state index contributed by atoms with van der Waals surface area (Å²) in [6, 6.07) is 38.0. The van der Waals surface area contributed by atoms with Gasteiger partial charge in [-0.15, -0.1) is 0 Å². The van der Waals surface area contributed by atoms with Crippen LogP contribution in [0.3, 0.4) is 0 Å². The molecule has 154 valence electrons. The van der Waals surface area contributed by atoms with Crippen LogP contribution >= 0.6 is 24.1 Å². The summed E-state index contributed by atoms with van der Waals surface area (Å²) in [5, 5.41) is 2.25. The van der Waals surface area contributed by atoms with Gasteiger partial charge in [-0.2, -0.15) is 0 Å². The lowest BCUT2D eigenvalue weighted by atomic mass is 10.0. The van der Waals surface area contributed by atoms with Crippen molar-refractivity contribution in [1.82, 2.24) is 0 Å². The van der Waals surface area contributed by atoms with Gasteiger partial charge in [0.15, 0.2) is 5.78 Å². The van der Waals surface area contributed by atoms with Crippen LogP contribution in [0.5, 0.6) is 0 Å². The molecule has 0 heterocycles. The Balaban J connectivity index is 1.69. The average Bonchev–Trinajstić information content (AvgIpc) is 2.84. The van der Waals surface area contributed by atoms with Crippen LogP contribution in [-0.4, -0.2) is 5.78 Å². The first-order chi connectivity index (χ1) is 15.2. The lowest BCUT2D eigenvalue weighted by Gasteiger charge is -2.25. The van der Waals surface area contributed by atoms with E-state index in [4.69, 9.17) is 4.52 Å². The van der Waals surface area contributed by atoms with Crippen LogP contribution in [0.1, 0.15) is 28.4 Å². The summed E-state index contributed by atoms with van der Waals surface area (Å²) in [6.07, 6.45) is -0.0724. The molecule has 0 N–H and O–H groups in total. The van der Waals surface area contributed by atoms with E-state index in [0.717, 1.165) is 20.6 Å².